The van der Waals surface area contributed by atoms with E-state index >= 15 is 0 Å². The maximum absolute atomic E-state index is 5.96. The van der Waals surface area contributed by atoms with Crippen LogP contribution in [0.25, 0.3) is 0 Å². The van der Waals surface area contributed by atoms with Crippen molar-refractivity contribution in [2.75, 3.05) is 0 Å². The molecule has 0 spiro atoms. The molecule has 2 aromatic carbocycles. The molecule has 2 heteroatoms. The van der Waals surface area contributed by atoms with Crippen LogP contribution in [0, 0.1) is 6.92 Å². The molecular formula is C18H21NO. The van der Waals surface area contributed by atoms with Gasteiger partial charge in [0, 0.05) is 12.6 Å². The predicted octanol–water partition coefficient (Wildman–Crippen LogP) is 3.83. The van der Waals surface area contributed by atoms with Crippen LogP contribution in [0.5, 0.6) is 5.75 Å². The van der Waals surface area contributed by atoms with Crippen molar-refractivity contribution >= 4 is 0 Å². The Morgan fingerprint density at radius 1 is 1.00 bits per heavy atom. The van der Waals surface area contributed by atoms with Gasteiger partial charge in [-0.1, -0.05) is 42.5 Å². The maximum Gasteiger partial charge on any atom is 0.122 e. The second-order valence-electron chi connectivity index (χ2n) is 5.48. The predicted molar refractivity (Wildman–Crippen MR) is 81.8 cm³/mol. The number of hydrogen-bond donors (Lipinski definition) is 1. The Morgan fingerprint density at radius 3 is 2.45 bits per heavy atom. The summed E-state index contributed by atoms with van der Waals surface area (Å²) in [5, 5.41) is 3.57. The molecule has 0 radical (unpaired) electrons. The Morgan fingerprint density at radius 2 is 1.70 bits per heavy atom. The van der Waals surface area contributed by atoms with Gasteiger partial charge < -0.3 is 10.1 Å². The topological polar surface area (TPSA) is 21.3 Å². The molecule has 104 valence electrons. The van der Waals surface area contributed by atoms with Gasteiger partial charge in [0.2, 0.25) is 0 Å². The minimum atomic E-state index is 0.632. The number of ether oxygens (including phenoxy) is 1. The zero-order chi connectivity index (χ0) is 13.8. The van der Waals surface area contributed by atoms with Crippen molar-refractivity contribution in [3.05, 3.63) is 65.2 Å². The minimum absolute atomic E-state index is 0.632. The Balaban J connectivity index is 1.65. The van der Waals surface area contributed by atoms with E-state index in [9.17, 15) is 0 Å². The molecule has 0 unspecified atom stereocenters. The summed E-state index contributed by atoms with van der Waals surface area (Å²) >= 11 is 0. The van der Waals surface area contributed by atoms with Gasteiger partial charge in [-0.2, -0.15) is 0 Å². The van der Waals surface area contributed by atoms with Crippen LogP contribution < -0.4 is 10.1 Å². The van der Waals surface area contributed by atoms with Crippen LogP contribution in [0.2, 0.25) is 0 Å². The van der Waals surface area contributed by atoms with E-state index < -0.39 is 0 Å². The first-order valence-electron chi connectivity index (χ1n) is 7.31. The smallest absolute Gasteiger partial charge is 0.122 e. The molecule has 20 heavy (non-hydrogen) atoms. The van der Waals surface area contributed by atoms with Gasteiger partial charge >= 0.3 is 0 Å². The molecule has 1 aliphatic carbocycles. The zero-order valence-corrected chi connectivity index (χ0v) is 11.9. The number of aryl methyl sites for hydroxylation is 1. The fourth-order valence-corrected chi connectivity index (χ4v) is 2.29. The SMILES string of the molecule is Cc1ccccc1OCc1ccccc1CNC1CC1. The molecule has 0 aromatic heterocycles. The Labute approximate surface area is 120 Å². The third kappa shape index (κ3) is 3.40. The second kappa shape index (κ2) is 6.10. The van der Waals surface area contributed by atoms with Crippen LogP contribution in [0.3, 0.4) is 0 Å². The van der Waals surface area contributed by atoms with Crippen molar-refractivity contribution in [2.45, 2.75) is 39.0 Å². The summed E-state index contributed by atoms with van der Waals surface area (Å²) in [5.74, 6) is 0.970. The molecule has 0 atom stereocenters. The van der Waals surface area contributed by atoms with E-state index in [0.29, 0.717) is 6.61 Å². The highest BCUT2D eigenvalue weighted by molar-refractivity contribution is 5.33. The van der Waals surface area contributed by atoms with Gasteiger partial charge in [0.25, 0.3) is 0 Å². The van der Waals surface area contributed by atoms with Crippen LogP contribution in [0.1, 0.15) is 29.5 Å². The van der Waals surface area contributed by atoms with E-state index in [4.69, 9.17) is 4.74 Å². The summed E-state index contributed by atoms with van der Waals surface area (Å²) in [7, 11) is 0. The second-order valence-corrected chi connectivity index (χ2v) is 5.48. The molecule has 0 aliphatic heterocycles. The van der Waals surface area contributed by atoms with Gasteiger partial charge in [-0.3, -0.25) is 0 Å². The van der Waals surface area contributed by atoms with E-state index in [-0.39, 0.29) is 0 Å². The molecule has 3 rings (SSSR count). The lowest BCUT2D eigenvalue weighted by atomic mass is 10.1. The molecular weight excluding hydrogens is 246 g/mol. The third-order valence-electron chi connectivity index (χ3n) is 3.75. The fourth-order valence-electron chi connectivity index (χ4n) is 2.29. The van der Waals surface area contributed by atoms with E-state index in [1.807, 2.05) is 18.2 Å². The lowest BCUT2D eigenvalue weighted by molar-refractivity contribution is 0.302. The van der Waals surface area contributed by atoms with Crippen molar-refractivity contribution < 1.29 is 4.74 Å². The van der Waals surface area contributed by atoms with Crippen molar-refractivity contribution in [3.63, 3.8) is 0 Å². The van der Waals surface area contributed by atoms with Crippen molar-refractivity contribution in [3.8, 4) is 5.75 Å². The number of rotatable bonds is 6. The molecule has 0 bridgehead atoms. The maximum atomic E-state index is 5.96. The number of benzene rings is 2. The van der Waals surface area contributed by atoms with Gasteiger partial charge in [-0.05, 0) is 42.5 Å². The van der Waals surface area contributed by atoms with E-state index in [1.165, 1.54) is 29.5 Å². The highest BCUT2D eigenvalue weighted by Crippen LogP contribution is 2.21. The molecule has 0 heterocycles. The number of nitrogens with one attached hydrogen (secondary N) is 1. The average molecular weight is 267 g/mol. The molecule has 1 saturated carbocycles. The normalized spacial score (nSPS) is 14.2. The van der Waals surface area contributed by atoms with Gasteiger partial charge in [0.15, 0.2) is 0 Å². The van der Waals surface area contributed by atoms with Gasteiger partial charge in [0.05, 0.1) is 0 Å². The van der Waals surface area contributed by atoms with Crippen LogP contribution in [-0.4, -0.2) is 6.04 Å². The Hall–Kier alpha value is -1.80. The molecule has 2 nitrogen and oxygen atoms in total. The minimum Gasteiger partial charge on any atom is -0.489 e. The quantitative estimate of drug-likeness (QED) is 0.859. The van der Waals surface area contributed by atoms with Crippen molar-refractivity contribution in [1.29, 1.82) is 0 Å². The Bertz CT molecular complexity index is 575. The molecule has 1 fully saturated rings. The van der Waals surface area contributed by atoms with Gasteiger partial charge in [0.1, 0.15) is 12.4 Å². The number of hydrogen-bond acceptors (Lipinski definition) is 2. The molecule has 1 aliphatic rings. The van der Waals surface area contributed by atoms with Gasteiger partial charge in [-0.25, -0.2) is 0 Å². The van der Waals surface area contributed by atoms with Crippen LogP contribution in [0.15, 0.2) is 48.5 Å². The summed E-state index contributed by atoms with van der Waals surface area (Å²) in [4.78, 5) is 0. The van der Waals surface area contributed by atoms with E-state index in [2.05, 4.69) is 42.6 Å². The van der Waals surface area contributed by atoms with E-state index in [1.54, 1.807) is 0 Å². The monoisotopic (exact) mass is 267 g/mol. The molecule has 2 aromatic rings. The molecule has 1 N–H and O–H groups in total. The molecule has 0 saturated heterocycles. The lowest BCUT2D eigenvalue weighted by Gasteiger charge is -2.13. The average Bonchev–Trinajstić information content (AvgIpc) is 3.29. The fraction of sp³-hybridized carbons (Fsp3) is 0.333. The summed E-state index contributed by atoms with van der Waals surface area (Å²) in [6, 6.07) is 17.4. The van der Waals surface area contributed by atoms with E-state index in [0.717, 1.165) is 18.3 Å². The summed E-state index contributed by atoms with van der Waals surface area (Å²) in [6.07, 6.45) is 2.64. The first kappa shape index (κ1) is 13.2. The summed E-state index contributed by atoms with van der Waals surface area (Å²) < 4.78 is 5.96. The zero-order valence-electron chi connectivity index (χ0n) is 11.9. The first-order valence-corrected chi connectivity index (χ1v) is 7.31. The highest BCUT2D eigenvalue weighted by Gasteiger charge is 2.20. The first-order chi connectivity index (χ1) is 9.83. The lowest BCUT2D eigenvalue weighted by Crippen LogP contribution is -2.16. The third-order valence-corrected chi connectivity index (χ3v) is 3.75. The van der Waals surface area contributed by atoms with Crippen molar-refractivity contribution in [1.82, 2.24) is 5.32 Å². The standard InChI is InChI=1S/C18H21NO/c1-14-6-2-5-9-18(14)20-13-16-8-4-3-7-15(16)12-19-17-10-11-17/h2-9,17,19H,10-13H2,1H3. The van der Waals surface area contributed by atoms with Crippen molar-refractivity contribution in [2.24, 2.45) is 0 Å². The highest BCUT2D eigenvalue weighted by atomic mass is 16.5. The summed E-state index contributed by atoms with van der Waals surface area (Å²) in [5.41, 5.74) is 3.79. The largest absolute Gasteiger partial charge is 0.489 e. The van der Waals surface area contributed by atoms with Gasteiger partial charge in [-0.15, -0.1) is 0 Å². The van der Waals surface area contributed by atoms with Crippen LogP contribution in [-0.2, 0) is 13.2 Å². The van der Waals surface area contributed by atoms with Crippen LogP contribution >= 0.6 is 0 Å². The molecule has 0 amide bonds. The van der Waals surface area contributed by atoms with Crippen LogP contribution in [0.4, 0.5) is 0 Å². The Kier molecular flexibility index (Phi) is 4.03. The summed E-state index contributed by atoms with van der Waals surface area (Å²) in [6.45, 7) is 3.65. The number of para-hydroxylation sites is 1.